The van der Waals surface area contributed by atoms with Crippen LogP contribution in [0.1, 0.15) is 25.7 Å². The van der Waals surface area contributed by atoms with E-state index in [0.717, 1.165) is 12.8 Å². The van der Waals surface area contributed by atoms with Gasteiger partial charge in [-0.05, 0) is 37.1 Å². The lowest BCUT2D eigenvalue weighted by Crippen LogP contribution is -2.33. The maximum atomic E-state index is 12.7. The molecule has 0 amide bonds. The van der Waals surface area contributed by atoms with Gasteiger partial charge in [0, 0.05) is 0 Å². The molecule has 1 aromatic carbocycles. The van der Waals surface area contributed by atoms with Crippen molar-refractivity contribution in [3.63, 3.8) is 0 Å². The molecule has 19 heavy (non-hydrogen) atoms. The van der Waals surface area contributed by atoms with Crippen molar-refractivity contribution in [2.24, 2.45) is 0 Å². The van der Waals surface area contributed by atoms with Crippen LogP contribution in [0.4, 0.5) is 4.39 Å². The average molecular weight is 269 g/mol. The Balaban J connectivity index is 1.58. The summed E-state index contributed by atoms with van der Waals surface area (Å²) in [5, 5.41) is 9.70. The molecule has 0 aliphatic heterocycles. The summed E-state index contributed by atoms with van der Waals surface area (Å²) < 4.78 is 18.0. The Morgan fingerprint density at radius 2 is 1.95 bits per heavy atom. The van der Waals surface area contributed by atoms with E-state index >= 15 is 0 Å². The van der Waals surface area contributed by atoms with Gasteiger partial charge in [0.2, 0.25) is 0 Å². The summed E-state index contributed by atoms with van der Waals surface area (Å²) in [6, 6.07) is 5.71. The number of halogens is 1. The Bertz CT molecular complexity index is 365. The fourth-order valence-electron chi connectivity index (χ4n) is 2.05. The van der Waals surface area contributed by atoms with Gasteiger partial charge in [-0.2, -0.15) is 5.48 Å². The molecular formula is C14H20FNO3. The predicted octanol–water partition coefficient (Wildman–Crippen LogP) is 2.03. The molecule has 0 bridgehead atoms. The quantitative estimate of drug-likeness (QED) is 0.744. The van der Waals surface area contributed by atoms with Crippen LogP contribution in [0, 0.1) is 5.82 Å². The lowest BCUT2D eigenvalue weighted by Gasteiger charge is -2.15. The number of benzene rings is 1. The summed E-state index contributed by atoms with van der Waals surface area (Å²) in [6.45, 7) is 0.463. The van der Waals surface area contributed by atoms with Crippen LogP contribution in [0.5, 0.6) is 5.75 Å². The van der Waals surface area contributed by atoms with E-state index in [1.54, 1.807) is 0 Å². The Labute approximate surface area is 112 Å². The molecule has 2 N–H and O–H groups in total. The Morgan fingerprint density at radius 3 is 2.63 bits per heavy atom. The Morgan fingerprint density at radius 1 is 1.26 bits per heavy atom. The number of hydrogen-bond donors (Lipinski definition) is 2. The highest BCUT2D eigenvalue weighted by molar-refractivity contribution is 5.22. The largest absolute Gasteiger partial charge is 0.491 e. The summed E-state index contributed by atoms with van der Waals surface area (Å²) in [6.07, 6.45) is 4.19. The first-order valence-corrected chi connectivity index (χ1v) is 6.69. The van der Waals surface area contributed by atoms with E-state index in [2.05, 4.69) is 5.48 Å². The topological polar surface area (TPSA) is 50.7 Å². The minimum Gasteiger partial charge on any atom is -0.491 e. The zero-order valence-corrected chi connectivity index (χ0v) is 10.8. The van der Waals surface area contributed by atoms with Crippen LogP contribution in [-0.2, 0) is 4.84 Å². The normalized spacial score (nSPS) is 17.6. The van der Waals surface area contributed by atoms with E-state index in [1.165, 1.54) is 37.1 Å². The highest BCUT2D eigenvalue weighted by Gasteiger charge is 2.16. The van der Waals surface area contributed by atoms with Gasteiger partial charge >= 0.3 is 0 Å². The number of ether oxygens (including phenoxy) is 1. The molecule has 1 aromatic rings. The van der Waals surface area contributed by atoms with Gasteiger partial charge in [0.1, 0.15) is 24.3 Å². The molecule has 0 aromatic heterocycles. The van der Waals surface area contributed by atoms with Gasteiger partial charge in [-0.25, -0.2) is 4.39 Å². The lowest BCUT2D eigenvalue weighted by atomic mass is 10.3. The highest BCUT2D eigenvalue weighted by atomic mass is 19.1. The molecule has 1 fully saturated rings. The third-order valence-electron chi connectivity index (χ3n) is 3.13. The highest BCUT2D eigenvalue weighted by Crippen LogP contribution is 2.19. The molecular weight excluding hydrogens is 249 g/mol. The van der Waals surface area contributed by atoms with Crippen LogP contribution in [0.2, 0.25) is 0 Å². The van der Waals surface area contributed by atoms with Crippen LogP contribution in [0.25, 0.3) is 0 Å². The summed E-state index contributed by atoms with van der Waals surface area (Å²) in [5.74, 6) is 0.233. The number of rotatable bonds is 7. The number of nitrogens with one attached hydrogen (secondary N) is 1. The molecule has 2 rings (SSSR count). The van der Waals surface area contributed by atoms with E-state index in [-0.39, 0.29) is 18.5 Å². The first-order valence-electron chi connectivity index (χ1n) is 6.69. The van der Waals surface area contributed by atoms with Gasteiger partial charge in [-0.15, -0.1) is 0 Å². The second-order valence-corrected chi connectivity index (χ2v) is 4.79. The van der Waals surface area contributed by atoms with Crippen molar-refractivity contribution < 1.29 is 19.1 Å². The van der Waals surface area contributed by atoms with Crippen molar-refractivity contribution in [3.05, 3.63) is 30.1 Å². The maximum absolute atomic E-state index is 12.7. The monoisotopic (exact) mass is 269 g/mol. The lowest BCUT2D eigenvalue weighted by molar-refractivity contribution is -0.0417. The molecule has 4 nitrogen and oxygen atoms in total. The van der Waals surface area contributed by atoms with E-state index in [4.69, 9.17) is 9.57 Å². The van der Waals surface area contributed by atoms with Crippen molar-refractivity contribution in [1.29, 1.82) is 0 Å². The third-order valence-corrected chi connectivity index (χ3v) is 3.13. The van der Waals surface area contributed by atoms with Gasteiger partial charge in [0.25, 0.3) is 0 Å². The van der Waals surface area contributed by atoms with Crippen LogP contribution < -0.4 is 10.2 Å². The number of hydrogen-bond acceptors (Lipinski definition) is 4. The van der Waals surface area contributed by atoms with Crippen molar-refractivity contribution in [2.75, 3.05) is 13.2 Å². The maximum Gasteiger partial charge on any atom is 0.123 e. The SMILES string of the molecule is OC(CNOC1CCCC1)COc1ccc(F)cc1. The minimum absolute atomic E-state index is 0.145. The van der Waals surface area contributed by atoms with Crippen molar-refractivity contribution >= 4 is 0 Å². The molecule has 0 radical (unpaired) electrons. The zero-order valence-electron chi connectivity index (χ0n) is 10.8. The second kappa shape index (κ2) is 7.43. The first-order chi connectivity index (χ1) is 9.24. The molecule has 0 saturated heterocycles. The van der Waals surface area contributed by atoms with E-state index in [1.807, 2.05) is 0 Å². The molecule has 0 spiro atoms. The Hall–Kier alpha value is -1.17. The van der Waals surface area contributed by atoms with Gasteiger partial charge < -0.3 is 9.84 Å². The van der Waals surface area contributed by atoms with Crippen LogP contribution in [0.3, 0.4) is 0 Å². The summed E-state index contributed by atoms with van der Waals surface area (Å²) in [7, 11) is 0. The van der Waals surface area contributed by atoms with Crippen molar-refractivity contribution in [2.45, 2.75) is 37.9 Å². The summed E-state index contributed by atoms with van der Waals surface area (Å²) in [4.78, 5) is 5.43. The number of hydroxylamine groups is 1. The standard InChI is InChI=1S/C14H20FNO3/c15-11-5-7-13(8-6-11)18-10-12(17)9-16-19-14-3-1-2-4-14/h5-8,12,14,16-17H,1-4,9-10H2. The molecule has 5 heteroatoms. The third kappa shape index (κ3) is 5.14. The molecule has 0 heterocycles. The van der Waals surface area contributed by atoms with Crippen molar-refractivity contribution in [3.8, 4) is 5.75 Å². The van der Waals surface area contributed by atoms with E-state index in [0.29, 0.717) is 12.3 Å². The van der Waals surface area contributed by atoms with Crippen LogP contribution >= 0.6 is 0 Å². The van der Waals surface area contributed by atoms with E-state index < -0.39 is 6.10 Å². The fraction of sp³-hybridized carbons (Fsp3) is 0.571. The van der Waals surface area contributed by atoms with Gasteiger partial charge in [-0.1, -0.05) is 12.8 Å². The molecule has 1 atom stereocenters. The second-order valence-electron chi connectivity index (χ2n) is 4.79. The van der Waals surface area contributed by atoms with E-state index in [9.17, 15) is 9.50 Å². The summed E-state index contributed by atoms with van der Waals surface area (Å²) >= 11 is 0. The van der Waals surface area contributed by atoms with Gasteiger partial charge in [0.05, 0.1) is 12.6 Å². The molecule has 1 unspecified atom stereocenters. The number of aliphatic hydroxyl groups is 1. The van der Waals surface area contributed by atoms with Crippen LogP contribution in [0.15, 0.2) is 24.3 Å². The predicted molar refractivity (Wildman–Crippen MR) is 69.2 cm³/mol. The Kier molecular flexibility index (Phi) is 5.57. The smallest absolute Gasteiger partial charge is 0.123 e. The first kappa shape index (κ1) is 14.2. The molecule has 1 aliphatic carbocycles. The van der Waals surface area contributed by atoms with Crippen molar-refractivity contribution in [1.82, 2.24) is 5.48 Å². The van der Waals surface area contributed by atoms with Gasteiger partial charge in [0.15, 0.2) is 0 Å². The van der Waals surface area contributed by atoms with Crippen LogP contribution in [-0.4, -0.2) is 30.5 Å². The molecule has 106 valence electrons. The van der Waals surface area contributed by atoms with Gasteiger partial charge in [-0.3, -0.25) is 4.84 Å². The number of aliphatic hydroxyl groups excluding tert-OH is 1. The molecule has 1 saturated carbocycles. The zero-order chi connectivity index (χ0) is 13.5. The minimum atomic E-state index is -0.661. The summed E-state index contributed by atoms with van der Waals surface area (Å²) in [5.41, 5.74) is 2.78. The fourth-order valence-corrected chi connectivity index (χ4v) is 2.05. The molecule has 1 aliphatic rings. The average Bonchev–Trinajstić information content (AvgIpc) is 2.91.